The first-order chi connectivity index (χ1) is 9.20. The Morgan fingerprint density at radius 3 is 2.74 bits per heavy atom. The Morgan fingerprint density at radius 1 is 1.32 bits per heavy atom. The van der Waals surface area contributed by atoms with Gasteiger partial charge < -0.3 is 15.2 Å². The average Bonchev–Trinajstić information content (AvgIpc) is 2.83. The number of nitrogens with zero attached hydrogens (tertiary/aromatic N) is 5. The van der Waals surface area contributed by atoms with Gasteiger partial charge in [0.1, 0.15) is 12.1 Å². The maximum Gasteiger partial charge on any atom is 0.272 e. The standard InChI is InChI=1S/C11H15N7O/c1-3-12-9-5-4-8(15-16-9)11(19)13-6-10-17-14-7-18(10)2/h4-5,7H,3,6H2,1-2H3,(H,12,16)(H,13,19). The van der Waals surface area contributed by atoms with E-state index in [0.717, 1.165) is 6.54 Å². The third-order valence-electron chi connectivity index (χ3n) is 2.47. The SMILES string of the molecule is CCNc1ccc(C(=O)NCc2nncn2C)nn1. The molecule has 2 aromatic rings. The number of amides is 1. The molecule has 0 aliphatic heterocycles. The minimum absolute atomic E-state index is 0.267. The number of hydrogen-bond donors (Lipinski definition) is 2. The van der Waals surface area contributed by atoms with Crippen molar-refractivity contribution >= 4 is 11.7 Å². The van der Waals surface area contributed by atoms with Crippen molar-refractivity contribution in [3.8, 4) is 0 Å². The Balaban J connectivity index is 1.94. The summed E-state index contributed by atoms with van der Waals surface area (Å²) < 4.78 is 1.74. The molecule has 19 heavy (non-hydrogen) atoms. The van der Waals surface area contributed by atoms with E-state index in [0.29, 0.717) is 18.2 Å². The number of aromatic nitrogens is 5. The molecule has 2 N–H and O–H groups in total. The number of nitrogens with one attached hydrogen (secondary N) is 2. The lowest BCUT2D eigenvalue weighted by atomic mass is 10.3. The summed E-state index contributed by atoms with van der Waals surface area (Å²) >= 11 is 0. The molecule has 0 radical (unpaired) electrons. The molecule has 0 saturated heterocycles. The molecule has 0 aromatic carbocycles. The number of carbonyl (C=O) groups excluding carboxylic acids is 1. The van der Waals surface area contributed by atoms with Gasteiger partial charge in [-0.3, -0.25) is 4.79 Å². The van der Waals surface area contributed by atoms with E-state index in [-0.39, 0.29) is 11.6 Å². The van der Waals surface area contributed by atoms with E-state index in [2.05, 4.69) is 31.0 Å². The van der Waals surface area contributed by atoms with Crippen molar-refractivity contribution in [2.75, 3.05) is 11.9 Å². The summed E-state index contributed by atoms with van der Waals surface area (Å²) in [5, 5.41) is 21.1. The van der Waals surface area contributed by atoms with Crippen LogP contribution in [0.3, 0.4) is 0 Å². The van der Waals surface area contributed by atoms with E-state index in [1.807, 2.05) is 14.0 Å². The van der Waals surface area contributed by atoms with Crippen LogP contribution in [0.1, 0.15) is 23.2 Å². The molecule has 0 aliphatic carbocycles. The normalized spacial score (nSPS) is 10.2. The van der Waals surface area contributed by atoms with Crippen LogP contribution in [0.4, 0.5) is 5.82 Å². The lowest BCUT2D eigenvalue weighted by molar-refractivity contribution is 0.0943. The molecule has 1 amide bonds. The van der Waals surface area contributed by atoms with Gasteiger partial charge in [-0.15, -0.1) is 20.4 Å². The van der Waals surface area contributed by atoms with Gasteiger partial charge in [0, 0.05) is 13.6 Å². The van der Waals surface area contributed by atoms with Crippen molar-refractivity contribution in [2.45, 2.75) is 13.5 Å². The van der Waals surface area contributed by atoms with Gasteiger partial charge >= 0.3 is 0 Å². The topological polar surface area (TPSA) is 97.6 Å². The molecule has 8 nitrogen and oxygen atoms in total. The van der Waals surface area contributed by atoms with Crippen LogP contribution in [0, 0.1) is 0 Å². The van der Waals surface area contributed by atoms with Crippen molar-refractivity contribution in [1.82, 2.24) is 30.3 Å². The van der Waals surface area contributed by atoms with Gasteiger partial charge in [-0.05, 0) is 19.1 Å². The largest absolute Gasteiger partial charge is 0.369 e. The van der Waals surface area contributed by atoms with Crippen molar-refractivity contribution < 1.29 is 4.79 Å². The fourth-order valence-corrected chi connectivity index (χ4v) is 1.45. The predicted octanol–water partition coefficient (Wildman–Crippen LogP) is -0.0331. The molecule has 0 atom stereocenters. The molecule has 2 aromatic heterocycles. The summed E-state index contributed by atoms with van der Waals surface area (Å²) in [7, 11) is 1.81. The van der Waals surface area contributed by atoms with Gasteiger partial charge in [-0.25, -0.2) is 0 Å². The Hall–Kier alpha value is -2.51. The van der Waals surface area contributed by atoms with Crippen LogP contribution in [0.2, 0.25) is 0 Å². The molecule has 2 heterocycles. The van der Waals surface area contributed by atoms with E-state index in [1.54, 1.807) is 23.0 Å². The van der Waals surface area contributed by atoms with E-state index >= 15 is 0 Å². The number of aryl methyl sites for hydroxylation is 1. The molecule has 0 fully saturated rings. The zero-order valence-electron chi connectivity index (χ0n) is 10.8. The predicted molar refractivity (Wildman–Crippen MR) is 68.4 cm³/mol. The first-order valence-electron chi connectivity index (χ1n) is 5.89. The van der Waals surface area contributed by atoms with Crippen molar-refractivity contribution in [2.24, 2.45) is 7.05 Å². The molecular weight excluding hydrogens is 246 g/mol. The summed E-state index contributed by atoms with van der Waals surface area (Å²) in [5.41, 5.74) is 0.267. The second-order valence-corrected chi connectivity index (χ2v) is 3.87. The fourth-order valence-electron chi connectivity index (χ4n) is 1.45. The highest BCUT2D eigenvalue weighted by atomic mass is 16.1. The highest BCUT2D eigenvalue weighted by molar-refractivity contribution is 5.92. The smallest absolute Gasteiger partial charge is 0.272 e. The van der Waals surface area contributed by atoms with Gasteiger partial charge in [-0.2, -0.15) is 0 Å². The lowest BCUT2D eigenvalue weighted by Gasteiger charge is -2.04. The van der Waals surface area contributed by atoms with Crippen LogP contribution < -0.4 is 10.6 Å². The van der Waals surface area contributed by atoms with Crippen LogP contribution in [0.15, 0.2) is 18.5 Å². The monoisotopic (exact) mass is 261 g/mol. The summed E-state index contributed by atoms with van der Waals surface area (Å²) in [6.45, 7) is 3.02. The van der Waals surface area contributed by atoms with Crippen molar-refractivity contribution in [3.63, 3.8) is 0 Å². The van der Waals surface area contributed by atoms with Crippen LogP contribution in [-0.2, 0) is 13.6 Å². The minimum Gasteiger partial charge on any atom is -0.369 e. The second kappa shape index (κ2) is 5.89. The Bertz CT molecular complexity index is 548. The summed E-state index contributed by atoms with van der Waals surface area (Å²) in [6, 6.07) is 3.34. The summed E-state index contributed by atoms with van der Waals surface area (Å²) in [6.07, 6.45) is 1.58. The Kier molecular flexibility index (Phi) is 4.01. The quantitative estimate of drug-likeness (QED) is 0.784. The fraction of sp³-hybridized carbons (Fsp3) is 0.364. The van der Waals surface area contributed by atoms with Gasteiger partial charge in [-0.1, -0.05) is 0 Å². The number of hydrogen-bond acceptors (Lipinski definition) is 6. The highest BCUT2D eigenvalue weighted by Gasteiger charge is 2.09. The van der Waals surface area contributed by atoms with E-state index < -0.39 is 0 Å². The third-order valence-corrected chi connectivity index (χ3v) is 2.47. The second-order valence-electron chi connectivity index (χ2n) is 3.87. The Labute approximate surface area is 110 Å². The summed E-state index contributed by atoms with van der Waals surface area (Å²) in [5.74, 6) is 1.02. The minimum atomic E-state index is -0.293. The van der Waals surface area contributed by atoms with Crippen LogP contribution in [0.5, 0.6) is 0 Å². The molecular formula is C11H15N7O. The number of anilines is 1. The molecule has 0 aliphatic rings. The van der Waals surface area contributed by atoms with Crippen LogP contribution in [0.25, 0.3) is 0 Å². The van der Waals surface area contributed by atoms with Crippen LogP contribution in [-0.4, -0.2) is 37.4 Å². The number of carbonyl (C=O) groups is 1. The van der Waals surface area contributed by atoms with Crippen molar-refractivity contribution in [3.05, 3.63) is 30.0 Å². The molecule has 8 heteroatoms. The third kappa shape index (κ3) is 3.24. The van der Waals surface area contributed by atoms with Gasteiger partial charge in [0.25, 0.3) is 5.91 Å². The first kappa shape index (κ1) is 12.9. The van der Waals surface area contributed by atoms with E-state index in [9.17, 15) is 4.79 Å². The average molecular weight is 261 g/mol. The first-order valence-corrected chi connectivity index (χ1v) is 5.89. The van der Waals surface area contributed by atoms with Crippen molar-refractivity contribution in [1.29, 1.82) is 0 Å². The zero-order valence-corrected chi connectivity index (χ0v) is 10.8. The van der Waals surface area contributed by atoms with Gasteiger partial charge in [0.2, 0.25) is 0 Å². The molecule has 0 bridgehead atoms. The van der Waals surface area contributed by atoms with Gasteiger partial charge in [0.15, 0.2) is 11.5 Å². The van der Waals surface area contributed by atoms with Gasteiger partial charge in [0.05, 0.1) is 6.54 Å². The molecule has 100 valence electrons. The highest BCUT2D eigenvalue weighted by Crippen LogP contribution is 2.01. The van der Waals surface area contributed by atoms with E-state index in [4.69, 9.17) is 0 Å². The Morgan fingerprint density at radius 2 is 2.16 bits per heavy atom. The maximum absolute atomic E-state index is 11.8. The summed E-state index contributed by atoms with van der Waals surface area (Å²) in [4.78, 5) is 11.8. The maximum atomic E-state index is 11.8. The number of rotatable bonds is 5. The lowest BCUT2D eigenvalue weighted by Crippen LogP contribution is -2.25. The van der Waals surface area contributed by atoms with E-state index in [1.165, 1.54) is 0 Å². The molecule has 2 rings (SSSR count). The molecule has 0 unspecified atom stereocenters. The molecule has 0 spiro atoms. The van der Waals surface area contributed by atoms with Crippen LogP contribution >= 0.6 is 0 Å². The molecule has 0 saturated carbocycles. The zero-order chi connectivity index (χ0) is 13.7.